The van der Waals surface area contributed by atoms with Crippen LogP contribution in [0.25, 0.3) is 10.8 Å². The van der Waals surface area contributed by atoms with Crippen molar-refractivity contribution < 1.29 is 9.53 Å². The van der Waals surface area contributed by atoms with Gasteiger partial charge < -0.3 is 9.64 Å². The molecule has 0 saturated carbocycles. The first kappa shape index (κ1) is 14.3. The number of benzene rings is 1. The summed E-state index contributed by atoms with van der Waals surface area (Å²) in [5.41, 5.74) is 0.607. The van der Waals surface area contributed by atoms with E-state index in [2.05, 4.69) is 11.9 Å². The van der Waals surface area contributed by atoms with E-state index in [9.17, 15) is 4.79 Å². The smallest absolute Gasteiger partial charge is 0.256 e. The molecule has 4 nitrogen and oxygen atoms in total. The first-order valence-electron chi connectivity index (χ1n) is 7.14. The van der Waals surface area contributed by atoms with Crippen LogP contribution in [0, 0.1) is 0 Å². The zero-order valence-electron chi connectivity index (χ0n) is 11.9. The highest BCUT2D eigenvalue weighted by molar-refractivity contribution is 6.34. The van der Waals surface area contributed by atoms with Crippen LogP contribution in [0.15, 0.2) is 30.5 Å². The number of morpholine rings is 1. The van der Waals surface area contributed by atoms with Gasteiger partial charge in [-0.25, -0.2) is 4.98 Å². The zero-order valence-corrected chi connectivity index (χ0v) is 12.6. The monoisotopic (exact) mass is 304 g/mol. The predicted octanol–water partition coefficient (Wildman–Crippen LogP) is 3.14. The van der Waals surface area contributed by atoms with Gasteiger partial charge in [0, 0.05) is 18.1 Å². The number of rotatable bonds is 2. The summed E-state index contributed by atoms with van der Waals surface area (Å²) in [6, 6.07) is 7.73. The Labute approximate surface area is 128 Å². The molecule has 0 bridgehead atoms. The van der Waals surface area contributed by atoms with Gasteiger partial charge in [-0.1, -0.05) is 42.8 Å². The third-order valence-electron chi connectivity index (χ3n) is 3.94. The Morgan fingerprint density at radius 3 is 2.95 bits per heavy atom. The highest BCUT2D eigenvalue weighted by Gasteiger charge is 2.28. The number of carbonyl (C=O) groups is 1. The molecule has 1 aromatic heterocycles. The van der Waals surface area contributed by atoms with Crippen LogP contribution in [-0.4, -0.2) is 41.6 Å². The van der Waals surface area contributed by atoms with E-state index in [-0.39, 0.29) is 11.9 Å². The SMILES string of the molecule is CCC1COCCN1C(=O)c1cnc(Cl)c2ccccc12. The fourth-order valence-corrected chi connectivity index (χ4v) is 2.96. The number of hydrogen-bond donors (Lipinski definition) is 0. The van der Waals surface area contributed by atoms with Crippen LogP contribution in [0.3, 0.4) is 0 Å². The van der Waals surface area contributed by atoms with Crippen LogP contribution in [0.4, 0.5) is 0 Å². The van der Waals surface area contributed by atoms with Crippen LogP contribution < -0.4 is 0 Å². The molecule has 1 amide bonds. The fourth-order valence-electron chi connectivity index (χ4n) is 2.74. The maximum Gasteiger partial charge on any atom is 0.256 e. The van der Waals surface area contributed by atoms with Crippen molar-refractivity contribution in [1.82, 2.24) is 9.88 Å². The van der Waals surface area contributed by atoms with E-state index in [1.165, 1.54) is 0 Å². The fraction of sp³-hybridized carbons (Fsp3) is 0.375. The summed E-state index contributed by atoms with van der Waals surface area (Å²) in [7, 11) is 0. The van der Waals surface area contributed by atoms with Gasteiger partial charge in [0.25, 0.3) is 5.91 Å². The van der Waals surface area contributed by atoms with Crippen molar-refractivity contribution in [2.75, 3.05) is 19.8 Å². The van der Waals surface area contributed by atoms with Gasteiger partial charge >= 0.3 is 0 Å². The van der Waals surface area contributed by atoms with Crippen molar-refractivity contribution in [3.05, 3.63) is 41.2 Å². The van der Waals surface area contributed by atoms with Crippen molar-refractivity contribution in [3.63, 3.8) is 0 Å². The standard InChI is InChI=1S/C16H17ClN2O2/c1-2-11-10-21-8-7-19(11)16(20)14-9-18-15(17)13-6-4-3-5-12(13)14/h3-6,9,11H,2,7-8,10H2,1H3. The maximum atomic E-state index is 12.9. The molecule has 2 aromatic rings. The van der Waals surface area contributed by atoms with Crippen LogP contribution in [0.1, 0.15) is 23.7 Å². The summed E-state index contributed by atoms with van der Waals surface area (Å²) in [6.07, 6.45) is 2.46. The molecule has 1 fully saturated rings. The lowest BCUT2D eigenvalue weighted by Crippen LogP contribution is -2.48. The number of pyridine rings is 1. The van der Waals surface area contributed by atoms with Gasteiger partial charge in [0.2, 0.25) is 0 Å². The zero-order chi connectivity index (χ0) is 14.8. The predicted molar refractivity (Wildman–Crippen MR) is 82.7 cm³/mol. The molecule has 1 atom stereocenters. The second-order valence-electron chi connectivity index (χ2n) is 5.14. The van der Waals surface area contributed by atoms with Crippen LogP contribution in [0.2, 0.25) is 5.15 Å². The topological polar surface area (TPSA) is 42.4 Å². The molecule has 1 aromatic carbocycles. The third kappa shape index (κ3) is 2.61. The summed E-state index contributed by atoms with van der Waals surface area (Å²) in [4.78, 5) is 18.9. The van der Waals surface area contributed by atoms with Crippen LogP contribution in [0.5, 0.6) is 0 Å². The van der Waals surface area contributed by atoms with Crippen molar-refractivity contribution in [3.8, 4) is 0 Å². The summed E-state index contributed by atoms with van der Waals surface area (Å²) >= 11 is 6.12. The number of fused-ring (bicyclic) bond motifs is 1. The minimum atomic E-state index is 0.00511. The molecule has 0 aliphatic carbocycles. The average molecular weight is 305 g/mol. The first-order valence-corrected chi connectivity index (χ1v) is 7.52. The van der Waals surface area contributed by atoms with E-state index in [1.54, 1.807) is 6.20 Å². The van der Waals surface area contributed by atoms with Crippen molar-refractivity contribution in [2.24, 2.45) is 0 Å². The Morgan fingerprint density at radius 1 is 1.43 bits per heavy atom. The Bertz CT molecular complexity index is 674. The number of ether oxygens (including phenoxy) is 1. The molecule has 5 heteroatoms. The van der Waals surface area contributed by atoms with Gasteiger partial charge in [-0.05, 0) is 11.8 Å². The maximum absolute atomic E-state index is 12.9. The third-order valence-corrected chi connectivity index (χ3v) is 4.24. The molecule has 1 saturated heterocycles. The Kier molecular flexibility index (Phi) is 4.08. The molecule has 0 radical (unpaired) electrons. The van der Waals surface area contributed by atoms with Crippen LogP contribution in [-0.2, 0) is 4.74 Å². The quantitative estimate of drug-likeness (QED) is 0.801. The molecule has 3 rings (SSSR count). The second kappa shape index (κ2) is 6.00. The molecule has 1 aliphatic heterocycles. The lowest BCUT2D eigenvalue weighted by atomic mass is 10.1. The number of halogens is 1. The average Bonchev–Trinajstić information content (AvgIpc) is 2.55. The van der Waals surface area contributed by atoms with Gasteiger partial charge in [0.05, 0.1) is 24.8 Å². The highest BCUT2D eigenvalue weighted by Crippen LogP contribution is 2.26. The highest BCUT2D eigenvalue weighted by atomic mass is 35.5. The molecular weight excluding hydrogens is 288 g/mol. The summed E-state index contributed by atoms with van der Waals surface area (Å²) in [5, 5.41) is 2.09. The van der Waals surface area contributed by atoms with Crippen molar-refractivity contribution in [2.45, 2.75) is 19.4 Å². The number of amides is 1. The number of hydrogen-bond acceptors (Lipinski definition) is 3. The van der Waals surface area contributed by atoms with E-state index < -0.39 is 0 Å². The van der Waals surface area contributed by atoms with E-state index in [1.807, 2.05) is 29.2 Å². The minimum Gasteiger partial charge on any atom is -0.377 e. The van der Waals surface area contributed by atoms with Crippen molar-refractivity contribution in [1.29, 1.82) is 0 Å². The van der Waals surface area contributed by atoms with Crippen LogP contribution >= 0.6 is 11.6 Å². The molecule has 1 aliphatic rings. The lowest BCUT2D eigenvalue weighted by molar-refractivity contribution is -0.00271. The van der Waals surface area contributed by atoms with E-state index in [0.717, 1.165) is 17.2 Å². The molecule has 0 spiro atoms. The Morgan fingerprint density at radius 2 is 2.19 bits per heavy atom. The number of carbonyl (C=O) groups excluding carboxylic acids is 1. The second-order valence-corrected chi connectivity index (χ2v) is 5.50. The molecule has 1 unspecified atom stereocenters. The normalized spacial score (nSPS) is 19.0. The largest absolute Gasteiger partial charge is 0.377 e. The molecule has 21 heavy (non-hydrogen) atoms. The minimum absolute atomic E-state index is 0.00511. The Hall–Kier alpha value is -1.65. The van der Waals surface area contributed by atoms with Gasteiger partial charge in [-0.2, -0.15) is 0 Å². The van der Waals surface area contributed by atoms with Gasteiger partial charge in [-0.15, -0.1) is 0 Å². The van der Waals surface area contributed by atoms with Gasteiger partial charge in [-0.3, -0.25) is 4.79 Å². The summed E-state index contributed by atoms with van der Waals surface area (Å²) in [6.45, 7) is 3.87. The van der Waals surface area contributed by atoms with E-state index >= 15 is 0 Å². The summed E-state index contributed by atoms with van der Waals surface area (Å²) in [5.74, 6) is 0.00511. The van der Waals surface area contributed by atoms with Crippen molar-refractivity contribution >= 4 is 28.3 Å². The van der Waals surface area contributed by atoms with E-state index in [4.69, 9.17) is 16.3 Å². The van der Waals surface area contributed by atoms with E-state index in [0.29, 0.717) is 30.5 Å². The molecular formula is C16H17ClN2O2. The number of nitrogens with zero attached hydrogens (tertiary/aromatic N) is 2. The lowest BCUT2D eigenvalue weighted by Gasteiger charge is -2.35. The molecule has 2 heterocycles. The van der Waals surface area contributed by atoms with Gasteiger partial charge in [0.1, 0.15) is 5.15 Å². The molecule has 110 valence electrons. The Balaban J connectivity index is 2.03. The van der Waals surface area contributed by atoms with Gasteiger partial charge in [0.15, 0.2) is 0 Å². The molecule has 0 N–H and O–H groups in total. The summed E-state index contributed by atoms with van der Waals surface area (Å²) < 4.78 is 5.47. The first-order chi connectivity index (χ1) is 10.2. The number of aromatic nitrogens is 1.